The molecular weight excluding hydrogens is 218 g/mol. The van der Waals surface area contributed by atoms with Gasteiger partial charge < -0.3 is 19.5 Å². The lowest BCUT2D eigenvalue weighted by Crippen LogP contribution is -2.40. The van der Waals surface area contributed by atoms with E-state index in [0.29, 0.717) is 19.3 Å². The van der Waals surface area contributed by atoms with Crippen LogP contribution in [0.5, 0.6) is 5.75 Å². The smallest absolute Gasteiger partial charge is 0.142 e. The van der Waals surface area contributed by atoms with Gasteiger partial charge in [-0.2, -0.15) is 0 Å². The van der Waals surface area contributed by atoms with E-state index < -0.39 is 0 Å². The molecule has 0 spiro atoms. The topological polar surface area (TPSA) is 39.7 Å². The molecule has 2 rings (SSSR count). The lowest BCUT2D eigenvalue weighted by atomic mass is 10.2. The van der Waals surface area contributed by atoms with Crippen LogP contribution in [-0.4, -0.2) is 39.6 Å². The number of hydrogen-bond donors (Lipinski definition) is 1. The molecule has 0 atom stereocenters. The molecule has 0 radical (unpaired) electrons. The molecule has 1 fully saturated rings. The molecule has 0 saturated carbocycles. The predicted molar refractivity (Wildman–Crippen MR) is 66.8 cm³/mol. The second kappa shape index (κ2) is 5.89. The number of hydrogen-bond acceptors (Lipinski definition) is 4. The van der Waals surface area contributed by atoms with Crippen molar-refractivity contribution in [1.82, 2.24) is 0 Å². The van der Waals surface area contributed by atoms with Crippen molar-refractivity contribution in [3.05, 3.63) is 23.8 Å². The fraction of sp³-hybridized carbons (Fsp3) is 0.538. The summed E-state index contributed by atoms with van der Waals surface area (Å²) in [6, 6.07) is 6.57. The lowest BCUT2D eigenvalue weighted by Gasteiger charge is -2.28. The molecule has 1 heterocycles. The first-order valence-corrected chi connectivity index (χ1v) is 5.86. The molecule has 17 heavy (non-hydrogen) atoms. The van der Waals surface area contributed by atoms with Crippen molar-refractivity contribution in [2.24, 2.45) is 0 Å². The van der Waals surface area contributed by atoms with Gasteiger partial charge in [0.1, 0.15) is 12.4 Å². The lowest BCUT2D eigenvalue weighted by molar-refractivity contribution is 0.0210. The first-order valence-electron chi connectivity index (χ1n) is 5.86. The van der Waals surface area contributed by atoms with Gasteiger partial charge in [0.15, 0.2) is 0 Å². The molecule has 1 aromatic carbocycles. The molecule has 0 aliphatic carbocycles. The highest BCUT2D eigenvalue weighted by Gasteiger charge is 2.19. The fourth-order valence-electron chi connectivity index (χ4n) is 1.64. The SMILES string of the molecule is COCCOc1cc(C)ccc1NC1COC1. The van der Waals surface area contributed by atoms with E-state index in [-0.39, 0.29) is 0 Å². The third-order valence-corrected chi connectivity index (χ3v) is 2.68. The van der Waals surface area contributed by atoms with E-state index in [2.05, 4.69) is 24.4 Å². The van der Waals surface area contributed by atoms with E-state index >= 15 is 0 Å². The third-order valence-electron chi connectivity index (χ3n) is 2.68. The molecule has 4 heteroatoms. The highest BCUT2D eigenvalue weighted by molar-refractivity contribution is 5.58. The standard InChI is InChI=1S/C13H19NO3/c1-10-3-4-12(14-11-8-16-9-11)13(7-10)17-6-5-15-2/h3-4,7,11,14H,5-6,8-9H2,1-2H3. The van der Waals surface area contributed by atoms with Gasteiger partial charge in [0.25, 0.3) is 0 Å². The Labute approximate surface area is 102 Å². The Morgan fingerprint density at radius 1 is 1.35 bits per heavy atom. The summed E-state index contributed by atoms with van der Waals surface area (Å²) >= 11 is 0. The molecule has 4 nitrogen and oxygen atoms in total. The van der Waals surface area contributed by atoms with Gasteiger partial charge in [-0.1, -0.05) is 6.07 Å². The van der Waals surface area contributed by atoms with Crippen molar-refractivity contribution in [2.45, 2.75) is 13.0 Å². The van der Waals surface area contributed by atoms with Gasteiger partial charge in [-0.05, 0) is 24.6 Å². The summed E-state index contributed by atoms with van der Waals surface area (Å²) in [6.07, 6.45) is 0. The summed E-state index contributed by atoms with van der Waals surface area (Å²) in [5, 5.41) is 3.41. The highest BCUT2D eigenvalue weighted by atomic mass is 16.5. The van der Waals surface area contributed by atoms with Gasteiger partial charge in [-0.3, -0.25) is 0 Å². The first-order chi connectivity index (χ1) is 8.29. The van der Waals surface area contributed by atoms with Crippen LogP contribution in [0, 0.1) is 6.92 Å². The molecule has 0 unspecified atom stereocenters. The van der Waals surface area contributed by atoms with Gasteiger partial charge in [0.05, 0.1) is 31.5 Å². The third kappa shape index (κ3) is 3.35. The van der Waals surface area contributed by atoms with Crippen LogP contribution in [0.3, 0.4) is 0 Å². The maximum atomic E-state index is 5.70. The number of benzene rings is 1. The van der Waals surface area contributed by atoms with Gasteiger partial charge in [0, 0.05) is 7.11 Å². The Morgan fingerprint density at radius 2 is 2.18 bits per heavy atom. The molecule has 1 aliphatic rings. The van der Waals surface area contributed by atoms with E-state index in [1.54, 1.807) is 7.11 Å². The molecule has 94 valence electrons. The van der Waals surface area contributed by atoms with Gasteiger partial charge in [-0.15, -0.1) is 0 Å². The number of anilines is 1. The fourth-order valence-corrected chi connectivity index (χ4v) is 1.64. The predicted octanol–water partition coefficient (Wildman–Crippen LogP) is 1.83. The van der Waals surface area contributed by atoms with E-state index in [1.807, 2.05) is 6.07 Å². The Hall–Kier alpha value is -1.26. The minimum Gasteiger partial charge on any atom is -0.489 e. The zero-order chi connectivity index (χ0) is 12.1. The Bertz CT molecular complexity index is 364. The minimum atomic E-state index is 0.405. The van der Waals surface area contributed by atoms with E-state index in [0.717, 1.165) is 24.7 Å². The largest absolute Gasteiger partial charge is 0.489 e. The van der Waals surface area contributed by atoms with Gasteiger partial charge in [0.2, 0.25) is 0 Å². The summed E-state index contributed by atoms with van der Waals surface area (Å²) < 4.78 is 15.8. The van der Waals surface area contributed by atoms with Gasteiger partial charge >= 0.3 is 0 Å². The molecule has 1 N–H and O–H groups in total. The number of rotatable bonds is 6. The van der Waals surface area contributed by atoms with Crippen LogP contribution in [0.15, 0.2) is 18.2 Å². The van der Waals surface area contributed by atoms with E-state index in [4.69, 9.17) is 14.2 Å². The van der Waals surface area contributed by atoms with Crippen molar-refractivity contribution in [3.63, 3.8) is 0 Å². The maximum Gasteiger partial charge on any atom is 0.142 e. The molecule has 1 aliphatic heterocycles. The summed E-state index contributed by atoms with van der Waals surface area (Å²) in [7, 11) is 1.67. The molecular formula is C13H19NO3. The Kier molecular flexibility index (Phi) is 4.23. The average molecular weight is 237 g/mol. The van der Waals surface area contributed by atoms with Crippen molar-refractivity contribution in [2.75, 3.05) is 38.9 Å². The van der Waals surface area contributed by atoms with Crippen LogP contribution in [-0.2, 0) is 9.47 Å². The summed E-state index contributed by atoms with van der Waals surface area (Å²) in [4.78, 5) is 0. The number of nitrogens with one attached hydrogen (secondary N) is 1. The van der Waals surface area contributed by atoms with Crippen LogP contribution in [0.1, 0.15) is 5.56 Å². The second-order valence-corrected chi connectivity index (χ2v) is 4.22. The Morgan fingerprint density at radius 3 is 2.82 bits per heavy atom. The summed E-state index contributed by atoms with van der Waals surface area (Å²) in [6.45, 7) is 4.76. The van der Waals surface area contributed by atoms with Crippen LogP contribution in [0.25, 0.3) is 0 Å². The molecule has 0 aromatic heterocycles. The normalized spacial score (nSPS) is 15.4. The van der Waals surface area contributed by atoms with E-state index in [9.17, 15) is 0 Å². The number of ether oxygens (including phenoxy) is 3. The van der Waals surface area contributed by atoms with Crippen molar-refractivity contribution in [1.29, 1.82) is 0 Å². The zero-order valence-electron chi connectivity index (χ0n) is 10.4. The van der Waals surface area contributed by atoms with Crippen molar-refractivity contribution < 1.29 is 14.2 Å². The molecule has 0 amide bonds. The summed E-state index contributed by atoms with van der Waals surface area (Å²) in [5.74, 6) is 0.883. The van der Waals surface area contributed by atoms with Crippen LogP contribution in [0.4, 0.5) is 5.69 Å². The second-order valence-electron chi connectivity index (χ2n) is 4.22. The minimum absolute atomic E-state index is 0.405. The molecule has 0 bridgehead atoms. The molecule has 1 aromatic rings. The monoisotopic (exact) mass is 237 g/mol. The summed E-state index contributed by atoms with van der Waals surface area (Å²) in [5.41, 5.74) is 2.22. The van der Waals surface area contributed by atoms with Crippen molar-refractivity contribution >= 4 is 5.69 Å². The zero-order valence-corrected chi connectivity index (χ0v) is 10.4. The quantitative estimate of drug-likeness (QED) is 0.766. The Balaban J connectivity index is 2.00. The molecule has 1 saturated heterocycles. The van der Waals surface area contributed by atoms with Crippen LogP contribution < -0.4 is 10.1 Å². The van der Waals surface area contributed by atoms with Crippen LogP contribution in [0.2, 0.25) is 0 Å². The average Bonchev–Trinajstić information content (AvgIpc) is 2.26. The number of aryl methyl sites for hydroxylation is 1. The van der Waals surface area contributed by atoms with Crippen LogP contribution >= 0.6 is 0 Å². The van der Waals surface area contributed by atoms with E-state index in [1.165, 1.54) is 5.56 Å². The van der Waals surface area contributed by atoms with Crippen molar-refractivity contribution in [3.8, 4) is 5.75 Å². The number of methoxy groups -OCH3 is 1. The van der Waals surface area contributed by atoms with Gasteiger partial charge in [-0.25, -0.2) is 0 Å². The maximum absolute atomic E-state index is 5.70. The highest BCUT2D eigenvalue weighted by Crippen LogP contribution is 2.27. The first kappa shape index (κ1) is 12.2.